The zero-order valence-electron chi connectivity index (χ0n) is 8.90. The summed E-state index contributed by atoms with van der Waals surface area (Å²) in [4.78, 5) is 13.2. The number of rotatable bonds is 3. The van der Waals surface area contributed by atoms with E-state index in [0.717, 1.165) is 25.7 Å². The first-order chi connectivity index (χ1) is 6.65. The number of aliphatic hydroxyl groups is 1. The minimum Gasteiger partial charge on any atom is -0.393 e. The summed E-state index contributed by atoms with van der Waals surface area (Å²) in [7, 11) is 3.33. The van der Waals surface area contributed by atoms with Gasteiger partial charge in [0.05, 0.1) is 6.10 Å². The number of methoxy groups -OCH3 is 1. The molecule has 1 fully saturated rings. The molecule has 0 aliphatic heterocycles. The van der Waals surface area contributed by atoms with E-state index in [2.05, 4.69) is 0 Å². The highest BCUT2D eigenvalue weighted by Gasteiger charge is 2.25. The van der Waals surface area contributed by atoms with Crippen LogP contribution >= 0.6 is 0 Å². The molecule has 14 heavy (non-hydrogen) atoms. The van der Waals surface area contributed by atoms with Crippen LogP contribution in [0.25, 0.3) is 0 Å². The Morgan fingerprint density at radius 3 is 2.50 bits per heavy atom. The molecule has 82 valence electrons. The number of nitrogens with zero attached hydrogens (tertiary/aromatic N) is 1. The predicted molar refractivity (Wildman–Crippen MR) is 52.9 cm³/mol. The first-order valence-electron chi connectivity index (χ1n) is 5.07. The molecule has 0 aromatic carbocycles. The molecule has 1 amide bonds. The van der Waals surface area contributed by atoms with Crippen LogP contribution in [0, 0.1) is 0 Å². The van der Waals surface area contributed by atoms with E-state index in [4.69, 9.17) is 4.74 Å². The Morgan fingerprint density at radius 1 is 1.43 bits per heavy atom. The van der Waals surface area contributed by atoms with Crippen LogP contribution in [0.4, 0.5) is 0 Å². The fraction of sp³-hybridized carbons (Fsp3) is 0.900. The van der Waals surface area contributed by atoms with Gasteiger partial charge in [-0.2, -0.15) is 0 Å². The van der Waals surface area contributed by atoms with Crippen molar-refractivity contribution in [2.75, 3.05) is 20.8 Å². The van der Waals surface area contributed by atoms with Gasteiger partial charge in [0.1, 0.15) is 6.61 Å². The molecule has 1 N–H and O–H groups in total. The van der Waals surface area contributed by atoms with Gasteiger partial charge in [-0.05, 0) is 25.7 Å². The molecule has 0 heterocycles. The zero-order valence-corrected chi connectivity index (χ0v) is 8.90. The van der Waals surface area contributed by atoms with Gasteiger partial charge in [-0.3, -0.25) is 4.79 Å². The van der Waals surface area contributed by atoms with E-state index in [1.54, 1.807) is 4.90 Å². The van der Waals surface area contributed by atoms with Crippen molar-refractivity contribution in [2.45, 2.75) is 37.8 Å². The van der Waals surface area contributed by atoms with Gasteiger partial charge in [-0.1, -0.05) is 0 Å². The number of amides is 1. The predicted octanol–water partition coefficient (Wildman–Crippen LogP) is 0.395. The Labute approximate surface area is 84.8 Å². The molecule has 1 rings (SSSR count). The second-order valence-electron chi connectivity index (χ2n) is 3.90. The van der Waals surface area contributed by atoms with Gasteiger partial charge in [0.15, 0.2) is 0 Å². The lowest BCUT2D eigenvalue weighted by Gasteiger charge is -2.32. The van der Waals surface area contributed by atoms with Crippen LogP contribution in [0.15, 0.2) is 0 Å². The topological polar surface area (TPSA) is 49.8 Å². The van der Waals surface area contributed by atoms with E-state index in [9.17, 15) is 9.90 Å². The van der Waals surface area contributed by atoms with Crippen LogP contribution < -0.4 is 0 Å². The quantitative estimate of drug-likeness (QED) is 0.719. The maximum atomic E-state index is 11.5. The molecule has 0 aromatic heterocycles. The van der Waals surface area contributed by atoms with Gasteiger partial charge in [0, 0.05) is 20.2 Å². The minimum atomic E-state index is -0.169. The van der Waals surface area contributed by atoms with Crippen molar-refractivity contribution in [1.82, 2.24) is 4.90 Å². The van der Waals surface area contributed by atoms with Gasteiger partial charge in [-0.15, -0.1) is 0 Å². The SMILES string of the molecule is COCC(=O)N(C)[C@H]1CC[C@H](O)CC1. The van der Waals surface area contributed by atoms with Crippen molar-refractivity contribution in [3.8, 4) is 0 Å². The van der Waals surface area contributed by atoms with Gasteiger partial charge in [-0.25, -0.2) is 0 Å². The maximum Gasteiger partial charge on any atom is 0.248 e. The third-order valence-corrected chi connectivity index (χ3v) is 2.88. The summed E-state index contributed by atoms with van der Waals surface area (Å²) in [6, 6.07) is 0.279. The molecule has 0 bridgehead atoms. The molecule has 0 saturated heterocycles. The van der Waals surface area contributed by atoms with E-state index in [1.165, 1.54) is 7.11 Å². The molecule has 0 spiro atoms. The number of carbonyl (C=O) groups is 1. The highest BCUT2D eigenvalue weighted by atomic mass is 16.5. The van der Waals surface area contributed by atoms with Gasteiger partial charge >= 0.3 is 0 Å². The van der Waals surface area contributed by atoms with Gasteiger partial charge in [0.25, 0.3) is 0 Å². The van der Waals surface area contributed by atoms with E-state index < -0.39 is 0 Å². The fourth-order valence-electron chi connectivity index (χ4n) is 1.87. The summed E-state index contributed by atoms with van der Waals surface area (Å²) in [5.41, 5.74) is 0. The molecular formula is C10H19NO3. The van der Waals surface area contributed by atoms with Crippen molar-refractivity contribution in [1.29, 1.82) is 0 Å². The van der Waals surface area contributed by atoms with Crippen molar-refractivity contribution in [3.05, 3.63) is 0 Å². The van der Waals surface area contributed by atoms with E-state index in [0.29, 0.717) is 0 Å². The second kappa shape index (κ2) is 5.32. The molecule has 4 heteroatoms. The lowest BCUT2D eigenvalue weighted by molar-refractivity contribution is -0.136. The second-order valence-corrected chi connectivity index (χ2v) is 3.90. The number of hydrogen-bond donors (Lipinski definition) is 1. The highest BCUT2D eigenvalue weighted by molar-refractivity contribution is 5.77. The largest absolute Gasteiger partial charge is 0.393 e. The Bertz CT molecular complexity index is 188. The summed E-state index contributed by atoms with van der Waals surface area (Å²) in [5.74, 6) is 0.0221. The van der Waals surface area contributed by atoms with E-state index >= 15 is 0 Å². The van der Waals surface area contributed by atoms with E-state index in [-0.39, 0.29) is 24.7 Å². The van der Waals surface area contributed by atoms with Gasteiger partial charge < -0.3 is 14.7 Å². The number of likely N-dealkylation sites (N-methyl/N-ethyl adjacent to an activating group) is 1. The Hall–Kier alpha value is -0.610. The number of carbonyl (C=O) groups excluding carboxylic acids is 1. The average molecular weight is 201 g/mol. The Morgan fingerprint density at radius 2 is 2.00 bits per heavy atom. The van der Waals surface area contributed by atoms with Crippen LogP contribution in [-0.2, 0) is 9.53 Å². The number of ether oxygens (including phenoxy) is 1. The standard InChI is InChI=1S/C10H19NO3/c1-11(10(13)7-14-2)8-3-5-9(12)6-4-8/h8-9,12H,3-7H2,1-2H3/t8-,9-. The normalized spacial score (nSPS) is 27.4. The molecule has 0 radical (unpaired) electrons. The monoisotopic (exact) mass is 201 g/mol. The lowest BCUT2D eigenvalue weighted by atomic mass is 9.92. The maximum absolute atomic E-state index is 11.5. The molecule has 0 unspecified atom stereocenters. The first-order valence-corrected chi connectivity index (χ1v) is 5.07. The van der Waals surface area contributed by atoms with Crippen LogP contribution in [0.5, 0.6) is 0 Å². The van der Waals surface area contributed by atoms with Gasteiger partial charge in [0.2, 0.25) is 5.91 Å². The fourth-order valence-corrected chi connectivity index (χ4v) is 1.87. The molecule has 0 atom stereocenters. The van der Waals surface area contributed by atoms with Crippen LogP contribution in [0.3, 0.4) is 0 Å². The Kier molecular flexibility index (Phi) is 4.35. The molecule has 1 aliphatic rings. The van der Waals surface area contributed by atoms with Crippen molar-refractivity contribution in [2.24, 2.45) is 0 Å². The third-order valence-electron chi connectivity index (χ3n) is 2.88. The van der Waals surface area contributed by atoms with E-state index in [1.807, 2.05) is 7.05 Å². The van der Waals surface area contributed by atoms with Crippen molar-refractivity contribution in [3.63, 3.8) is 0 Å². The smallest absolute Gasteiger partial charge is 0.248 e. The number of hydrogen-bond acceptors (Lipinski definition) is 3. The van der Waals surface area contributed by atoms with Crippen LogP contribution in [-0.4, -0.2) is 48.8 Å². The summed E-state index contributed by atoms with van der Waals surface area (Å²) in [6.45, 7) is 0.148. The van der Waals surface area contributed by atoms with Crippen LogP contribution in [0.2, 0.25) is 0 Å². The molecular weight excluding hydrogens is 182 g/mol. The molecule has 1 aliphatic carbocycles. The molecule has 4 nitrogen and oxygen atoms in total. The summed E-state index contributed by atoms with van der Waals surface area (Å²) >= 11 is 0. The lowest BCUT2D eigenvalue weighted by Crippen LogP contribution is -2.41. The summed E-state index contributed by atoms with van der Waals surface area (Å²) in [5, 5.41) is 9.32. The van der Waals surface area contributed by atoms with Crippen molar-refractivity contribution < 1.29 is 14.6 Å². The average Bonchev–Trinajstić information content (AvgIpc) is 2.18. The third kappa shape index (κ3) is 2.96. The Balaban J connectivity index is 2.37. The number of aliphatic hydroxyl groups excluding tert-OH is 1. The highest BCUT2D eigenvalue weighted by Crippen LogP contribution is 2.22. The summed E-state index contributed by atoms with van der Waals surface area (Å²) < 4.78 is 4.80. The molecule has 0 aromatic rings. The molecule has 1 saturated carbocycles. The van der Waals surface area contributed by atoms with Crippen LogP contribution in [0.1, 0.15) is 25.7 Å². The van der Waals surface area contributed by atoms with Crippen molar-refractivity contribution >= 4 is 5.91 Å². The zero-order chi connectivity index (χ0) is 10.6. The first kappa shape index (κ1) is 11.5. The summed E-state index contributed by atoms with van der Waals surface area (Å²) in [6.07, 6.45) is 3.22. The minimum absolute atomic E-state index is 0.0221.